The molecule has 0 saturated carbocycles. The van der Waals surface area contributed by atoms with Gasteiger partial charge >= 0.3 is 6.36 Å². The molecule has 29 heavy (non-hydrogen) atoms. The Morgan fingerprint density at radius 2 is 1.48 bits per heavy atom. The Hall–Kier alpha value is -2.93. The number of hydrogen-bond acceptors (Lipinski definition) is 3. The van der Waals surface area contributed by atoms with E-state index in [2.05, 4.69) is 10.1 Å². The van der Waals surface area contributed by atoms with Crippen molar-refractivity contribution in [3.05, 3.63) is 96.1 Å². The molecule has 0 aromatic heterocycles. The van der Waals surface area contributed by atoms with Gasteiger partial charge in [-0.15, -0.1) is 24.9 Å². The van der Waals surface area contributed by atoms with Crippen LogP contribution in [0.3, 0.4) is 0 Å². The lowest BCUT2D eigenvalue weighted by Crippen LogP contribution is -2.27. The number of amides is 1. The number of nitrogens with one attached hydrogen (secondary N) is 1. The third kappa shape index (κ3) is 6.57. The van der Waals surface area contributed by atoms with Gasteiger partial charge in [-0.2, -0.15) is 0 Å². The van der Waals surface area contributed by atoms with Gasteiger partial charge in [0.05, 0.1) is 0 Å². The van der Waals surface area contributed by atoms with Crippen LogP contribution in [0.4, 0.5) is 13.2 Å². The second kappa shape index (κ2) is 9.52. The number of ether oxygens (including phenoxy) is 1. The molecule has 0 radical (unpaired) electrons. The number of carbonyl (C=O) groups is 1. The molecule has 3 rings (SSSR count). The second-order valence-corrected chi connectivity index (χ2v) is 7.31. The van der Waals surface area contributed by atoms with E-state index in [0.29, 0.717) is 5.56 Å². The molecule has 0 spiro atoms. The zero-order valence-electron chi connectivity index (χ0n) is 15.2. The Balaban J connectivity index is 1.67. The van der Waals surface area contributed by atoms with Crippen LogP contribution in [0, 0.1) is 0 Å². The fourth-order valence-electron chi connectivity index (χ4n) is 2.63. The van der Waals surface area contributed by atoms with E-state index in [0.717, 1.165) is 10.5 Å². The van der Waals surface area contributed by atoms with Gasteiger partial charge in [0.25, 0.3) is 0 Å². The summed E-state index contributed by atoms with van der Waals surface area (Å²) in [6.07, 6.45) is -4.73. The quantitative estimate of drug-likeness (QED) is 0.499. The average Bonchev–Trinajstić information content (AvgIpc) is 2.71. The van der Waals surface area contributed by atoms with E-state index in [1.165, 1.54) is 36.0 Å². The molecule has 0 aliphatic heterocycles. The van der Waals surface area contributed by atoms with E-state index in [1.54, 1.807) is 0 Å². The van der Waals surface area contributed by atoms with Crippen molar-refractivity contribution in [1.82, 2.24) is 5.32 Å². The molecule has 0 aliphatic carbocycles. The Morgan fingerprint density at radius 1 is 0.897 bits per heavy atom. The lowest BCUT2D eigenvalue weighted by molar-refractivity contribution is -0.274. The first-order valence-corrected chi connectivity index (χ1v) is 9.68. The molecule has 3 aromatic carbocycles. The first kappa shape index (κ1) is 20.8. The number of benzene rings is 3. The Labute approximate surface area is 170 Å². The maximum atomic E-state index is 12.9. The number of thioether (sulfide) groups is 1. The predicted octanol–water partition coefficient (Wildman–Crippen LogP) is 5.74. The third-order valence-corrected chi connectivity index (χ3v) is 5.23. The van der Waals surface area contributed by atoms with Gasteiger partial charge in [0, 0.05) is 11.4 Å². The minimum atomic E-state index is -4.73. The van der Waals surface area contributed by atoms with Gasteiger partial charge in [0.2, 0.25) is 5.91 Å². The van der Waals surface area contributed by atoms with Crippen molar-refractivity contribution in [2.24, 2.45) is 0 Å². The highest BCUT2D eigenvalue weighted by Crippen LogP contribution is 2.35. The van der Waals surface area contributed by atoms with Crippen LogP contribution in [0.5, 0.6) is 5.75 Å². The fraction of sp³-hybridized carbons (Fsp3) is 0.136. The molecule has 0 heterocycles. The van der Waals surface area contributed by atoms with E-state index < -0.39 is 11.6 Å². The zero-order chi connectivity index (χ0) is 20.7. The van der Waals surface area contributed by atoms with Crippen LogP contribution < -0.4 is 10.1 Å². The number of hydrogen-bond donors (Lipinski definition) is 1. The van der Waals surface area contributed by atoms with Crippen molar-refractivity contribution in [3.63, 3.8) is 0 Å². The molecule has 3 aromatic rings. The minimum absolute atomic E-state index is 0.180. The summed E-state index contributed by atoms with van der Waals surface area (Å²) in [7, 11) is 0. The maximum Gasteiger partial charge on any atom is 0.573 e. The lowest BCUT2D eigenvalue weighted by atomic mass is 10.1. The summed E-state index contributed by atoms with van der Waals surface area (Å²) in [6.45, 7) is 0.198. The van der Waals surface area contributed by atoms with Crippen LogP contribution in [-0.2, 0) is 11.3 Å². The van der Waals surface area contributed by atoms with E-state index >= 15 is 0 Å². The van der Waals surface area contributed by atoms with E-state index in [9.17, 15) is 18.0 Å². The van der Waals surface area contributed by atoms with E-state index in [-0.39, 0.29) is 18.2 Å². The number of rotatable bonds is 7. The van der Waals surface area contributed by atoms with Crippen molar-refractivity contribution >= 4 is 17.7 Å². The van der Waals surface area contributed by atoms with Crippen LogP contribution in [0.1, 0.15) is 16.4 Å². The van der Waals surface area contributed by atoms with Crippen LogP contribution >= 0.6 is 11.8 Å². The van der Waals surface area contributed by atoms with Gasteiger partial charge in [-0.3, -0.25) is 4.79 Å². The summed E-state index contributed by atoms with van der Waals surface area (Å²) >= 11 is 1.44. The average molecular weight is 417 g/mol. The molecule has 0 aliphatic rings. The van der Waals surface area contributed by atoms with Crippen LogP contribution in [0.15, 0.2) is 89.8 Å². The lowest BCUT2D eigenvalue weighted by Gasteiger charge is -2.17. The molecular formula is C22H18F3NO2S. The number of carbonyl (C=O) groups excluding carboxylic acids is 1. The Kier molecular flexibility index (Phi) is 6.82. The Bertz CT molecular complexity index is 916. The van der Waals surface area contributed by atoms with Crippen molar-refractivity contribution in [3.8, 4) is 5.75 Å². The summed E-state index contributed by atoms with van der Waals surface area (Å²) in [5, 5.41) is 2.41. The first-order valence-electron chi connectivity index (χ1n) is 8.80. The van der Waals surface area contributed by atoms with Gasteiger partial charge in [-0.05, 0) is 35.4 Å². The smallest absolute Gasteiger partial charge is 0.406 e. The summed E-state index contributed by atoms with van der Waals surface area (Å²) in [6, 6.07) is 24.5. The first-order chi connectivity index (χ1) is 13.9. The molecule has 7 heteroatoms. The molecule has 150 valence electrons. The summed E-state index contributed by atoms with van der Waals surface area (Å²) in [5.74, 6) is -0.477. The third-order valence-electron chi connectivity index (χ3n) is 3.96. The zero-order valence-corrected chi connectivity index (χ0v) is 16.0. The van der Waals surface area contributed by atoms with Gasteiger partial charge in [0.1, 0.15) is 11.0 Å². The summed E-state index contributed by atoms with van der Waals surface area (Å²) in [5.41, 5.74) is 1.54. The maximum absolute atomic E-state index is 12.9. The number of alkyl halides is 3. The minimum Gasteiger partial charge on any atom is -0.406 e. The summed E-state index contributed by atoms with van der Waals surface area (Å²) in [4.78, 5) is 13.8. The standard InChI is InChI=1S/C22H18F3NO2S/c23-22(24,25)28-18-13-11-16(12-14-18)15-26-21(27)20(17-7-3-1-4-8-17)29-19-9-5-2-6-10-19/h1-14,20H,15H2,(H,26,27)/t20-/m1/s1. The molecule has 1 N–H and O–H groups in total. The van der Waals surface area contributed by atoms with E-state index in [4.69, 9.17) is 0 Å². The van der Waals surface area contributed by atoms with Crippen LogP contribution in [-0.4, -0.2) is 12.3 Å². The van der Waals surface area contributed by atoms with Gasteiger partial charge in [-0.25, -0.2) is 0 Å². The van der Waals surface area contributed by atoms with Gasteiger partial charge < -0.3 is 10.1 Å². The van der Waals surface area contributed by atoms with E-state index in [1.807, 2.05) is 60.7 Å². The molecule has 0 unspecified atom stereocenters. The highest BCUT2D eigenvalue weighted by Gasteiger charge is 2.31. The van der Waals surface area contributed by atoms with Crippen LogP contribution in [0.25, 0.3) is 0 Å². The second-order valence-electron chi connectivity index (χ2n) is 6.13. The van der Waals surface area contributed by atoms with Gasteiger partial charge in [0.15, 0.2) is 0 Å². The highest BCUT2D eigenvalue weighted by atomic mass is 32.2. The molecule has 1 atom stereocenters. The number of halogens is 3. The highest BCUT2D eigenvalue weighted by molar-refractivity contribution is 8.00. The molecule has 3 nitrogen and oxygen atoms in total. The molecule has 0 saturated heterocycles. The van der Waals surface area contributed by atoms with Crippen molar-refractivity contribution in [2.45, 2.75) is 23.1 Å². The molecule has 0 fully saturated rings. The van der Waals surface area contributed by atoms with Crippen molar-refractivity contribution < 1.29 is 22.7 Å². The monoisotopic (exact) mass is 417 g/mol. The van der Waals surface area contributed by atoms with Gasteiger partial charge in [-0.1, -0.05) is 60.7 Å². The topological polar surface area (TPSA) is 38.3 Å². The molecule has 1 amide bonds. The van der Waals surface area contributed by atoms with Crippen molar-refractivity contribution in [2.75, 3.05) is 0 Å². The SMILES string of the molecule is O=C(NCc1ccc(OC(F)(F)F)cc1)[C@H](Sc1ccccc1)c1ccccc1. The normalized spacial score (nSPS) is 12.2. The van der Waals surface area contributed by atoms with Crippen molar-refractivity contribution in [1.29, 1.82) is 0 Å². The van der Waals surface area contributed by atoms with Crippen LogP contribution in [0.2, 0.25) is 0 Å². The fourth-order valence-corrected chi connectivity index (χ4v) is 3.70. The summed E-state index contributed by atoms with van der Waals surface area (Å²) < 4.78 is 40.6. The largest absolute Gasteiger partial charge is 0.573 e. The predicted molar refractivity (Wildman–Crippen MR) is 106 cm³/mol. The Morgan fingerprint density at radius 3 is 2.07 bits per heavy atom. The molecule has 0 bridgehead atoms. The molecular weight excluding hydrogens is 399 g/mol.